The van der Waals surface area contributed by atoms with Gasteiger partial charge < -0.3 is 19.5 Å². The number of halogens is 2. The summed E-state index contributed by atoms with van der Waals surface area (Å²) >= 11 is 6.37. The van der Waals surface area contributed by atoms with Gasteiger partial charge >= 0.3 is 0 Å². The lowest BCUT2D eigenvalue weighted by molar-refractivity contribution is 0.233. The van der Waals surface area contributed by atoms with Crippen LogP contribution in [-0.2, 0) is 6.54 Å². The smallest absolute Gasteiger partial charge is 0.203 e. The summed E-state index contributed by atoms with van der Waals surface area (Å²) in [6.45, 7) is 2.99. The van der Waals surface area contributed by atoms with Gasteiger partial charge in [0, 0.05) is 29.2 Å². The van der Waals surface area contributed by atoms with Crippen LogP contribution in [0, 0.1) is 5.82 Å². The third kappa shape index (κ3) is 4.77. The molecule has 29 heavy (non-hydrogen) atoms. The standard InChI is InChI=1S/C22H28ClFN2O3/c1-27-19-10-9-15(21(28-2)22(19)29-3)13-25-14-18(26-11-4-5-12-26)20-16(23)7-6-8-17(20)24/h6-10,18,25H,4-5,11-14H2,1-3H3/t18-/m1/s1. The minimum atomic E-state index is -0.264. The Morgan fingerprint density at radius 2 is 1.76 bits per heavy atom. The molecule has 1 atom stereocenters. The second-order valence-corrected chi connectivity index (χ2v) is 7.43. The highest BCUT2D eigenvalue weighted by molar-refractivity contribution is 6.31. The lowest BCUT2D eigenvalue weighted by Gasteiger charge is -2.29. The SMILES string of the molecule is COc1ccc(CNC[C@H](c2c(F)cccc2Cl)N2CCCC2)c(OC)c1OC. The van der Waals surface area contributed by atoms with Gasteiger partial charge in [0.25, 0.3) is 0 Å². The lowest BCUT2D eigenvalue weighted by atomic mass is 10.0. The predicted octanol–water partition coefficient (Wildman–Crippen LogP) is 4.43. The van der Waals surface area contributed by atoms with Crippen LogP contribution < -0.4 is 19.5 Å². The number of hydrogen-bond acceptors (Lipinski definition) is 5. The van der Waals surface area contributed by atoms with Gasteiger partial charge in [-0.3, -0.25) is 4.90 Å². The molecule has 2 aromatic carbocycles. The van der Waals surface area contributed by atoms with Crippen molar-refractivity contribution in [2.45, 2.75) is 25.4 Å². The van der Waals surface area contributed by atoms with E-state index >= 15 is 0 Å². The first-order valence-corrected chi connectivity index (χ1v) is 10.1. The van der Waals surface area contributed by atoms with Gasteiger partial charge in [-0.1, -0.05) is 23.7 Å². The number of benzene rings is 2. The first kappa shape index (κ1) is 21.7. The Morgan fingerprint density at radius 3 is 2.38 bits per heavy atom. The first-order chi connectivity index (χ1) is 14.1. The van der Waals surface area contributed by atoms with Crippen LogP contribution in [0.2, 0.25) is 5.02 Å². The van der Waals surface area contributed by atoms with Gasteiger partial charge in [0.2, 0.25) is 5.75 Å². The average Bonchev–Trinajstić information content (AvgIpc) is 3.26. The zero-order valence-corrected chi connectivity index (χ0v) is 17.9. The highest BCUT2D eigenvalue weighted by Crippen LogP contribution is 2.40. The molecule has 1 saturated heterocycles. The van der Waals surface area contributed by atoms with Gasteiger partial charge in [-0.2, -0.15) is 0 Å². The van der Waals surface area contributed by atoms with E-state index in [4.69, 9.17) is 25.8 Å². The van der Waals surface area contributed by atoms with E-state index in [-0.39, 0.29) is 11.9 Å². The topological polar surface area (TPSA) is 43.0 Å². The number of methoxy groups -OCH3 is 3. The third-order valence-corrected chi connectivity index (χ3v) is 5.68. The van der Waals surface area contributed by atoms with E-state index in [1.807, 2.05) is 12.1 Å². The van der Waals surface area contributed by atoms with Crippen LogP contribution in [0.15, 0.2) is 30.3 Å². The molecule has 0 aromatic heterocycles. The minimum Gasteiger partial charge on any atom is -0.493 e. The molecule has 0 saturated carbocycles. The summed E-state index contributed by atoms with van der Waals surface area (Å²) in [6, 6.07) is 8.53. The molecule has 2 aromatic rings. The highest BCUT2D eigenvalue weighted by atomic mass is 35.5. The molecule has 0 spiro atoms. The summed E-state index contributed by atoms with van der Waals surface area (Å²) in [5, 5.41) is 3.92. The van der Waals surface area contributed by atoms with E-state index in [2.05, 4.69) is 10.2 Å². The largest absolute Gasteiger partial charge is 0.493 e. The normalized spacial score (nSPS) is 15.3. The van der Waals surface area contributed by atoms with Crippen molar-refractivity contribution in [3.63, 3.8) is 0 Å². The maximum absolute atomic E-state index is 14.6. The molecule has 1 aliphatic rings. The van der Waals surface area contributed by atoms with Crippen molar-refractivity contribution in [2.24, 2.45) is 0 Å². The van der Waals surface area contributed by atoms with Crippen LogP contribution in [0.1, 0.15) is 30.0 Å². The summed E-state index contributed by atoms with van der Waals surface area (Å²) in [5.74, 6) is 1.53. The van der Waals surface area contributed by atoms with E-state index < -0.39 is 0 Å². The van der Waals surface area contributed by atoms with Crippen LogP contribution in [0.4, 0.5) is 4.39 Å². The van der Waals surface area contributed by atoms with Crippen molar-refractivity contribution in [1.82, 2.24) is 10.2 Å². The van der Waals surface area contributed by atoms with E-state index in [9.17, 15) is 4.39 Å². The van der Waals surface area contributed by atoms with Crippen molar-refractivity contribution in [3.8, 4) is 17.2 Å². The van der Waals surface area contributed by atoms with Crippen molar-refractivity contribution >= 4 is 11.6 Å². The van der Waals surface area contributed by atoms with Gasteiger partial charge in [-0.05, 0) is 44.1 Å². The third-order valence-electron chi connectivity index (χ3n) is 5.35. The van der Waals surface area contributed by atoms with Gasteiger partial charge in [0.1, 0.15) is 5.82 Å². The molecule has 158 valence electrons. The van der Waals surface area contributed by atoms with E-state index in [1.165, 1.54) is 6.07 Å². The molecule has 7 heteroatoms. The molecule has 1 N–H and O–H groups in total. The van der Waals surface area contributed by atoms with Gasteiger partial charge in [-0.25, -0.2) is 4.39 Å². The van der Waals surface area contributed by atoms with Crippen LogP contribution in [0.3, 0.4) is 0 Å². The molecular formula is C22H28ClFN2O3. The number of likely N-dealkylation sites (tertiary alicyclic amines) is 1. The zero-order chi connectivity index (χ0) is 20.8. The van der Waals surface area contributed by atoms with Crippen LogP contribution >= 0.6 is 11.6 Å². The fourth-order valence-electron chi connectivity index (χ4n) is 3.94. The van der Waals surface area contributed by atoms with Crippen LogP contribution in [0.5, 0.6) is 17.2 Å². The molecule has 0 radical (unpaired) electrons. The van der Waals surface area contributed by atoms with Crippen molar-refractivity contribution in [3.05, 3.63) is 52.3 Å². The molecule has 0 bridgehead atoms. The van der Waals surface area contributed by atoms with E-state index in [0.29, 0.717) is 40.9 Å². The Labute approximate surface area is 176 Å². The van der Waals surface area contributed by atoms with Crippen LogP contribution in [-0.4, -0.2) is 45.9 Å². The number of hydrogen-bond donors (Lipinski definition) is 1. The Hall–Kier alpha value is -2.02. The number of nitrogens with one attached hydrogen (secondary N) is 1. The quantitative estimate of drug-likeness (QED) is 0.647. The Balaban J connectivity index is 1.79. The van der Waals surface area contributed by atoms with E-state index in [0.717, 1.165) is 31.5 Å². The molecule has 1 fully saturated rings. The summed E-state index contributed by atoms with van der Waals surface area (Å²) in [4.78, 5) is 2.29. The Morgan fingerprint density at radius 1 is 1.03 bits per heavy atom. The molecule has 5 nitrogen and oxygen atoms in total. The molecular weight excluding hydrogens is 395 g/mol. The second kappa shape index (κ2) is 10.1. The molecule has 1 heterocycles. The maximum Gasteiger partial charge on any atom is 0.203 e. The Kier molecular flexibility index (Phi) is 7.58. The van der Waals surface area contributed by atoms with Gasteiger partial charge in [0.05, 0.1) is 27.4 Å². The first-order valence-electron chi connectivity index (χ1n) is 9.77. The highest BCUT2D eigenvalue weighted by Gasteiger charge is 2.27. The maximum atomic E-state index is 14.6. The fourth-order valence-corrected chi connectivity index (χ4v) is 4.23. The fraction of sp³-hybridized carbons (Fsp3) is 0.455. The summed E-state index contributed by atoms with van der Waals surface area (Å²) in [6.07, 6.45) is 2.23. The Bertz CT molecular complexity index is 808. The van der Waals surface area contributed by atoms with Gasteiger partial charge in [-0.15, -0.1) is 0 Å². The predicted molar refractivity (Wildman–Crippen MR) is 113 cm³/mol. The summed E-state index contributed by atoms with van der Waals surface area (Å²) in [5.41, 5.74) is 1.49. The molecule has 1 aliphatic heterocycles. The van der Waals surface area contributed by atoms with Crippen molar-refractivity contribution < 1.29 is 18.6 Å². The van der Waals surface area contributed by atoms with Crippen LogP contribution in [0.25, 0.3) is 0 Å². The minimum absolute atomic E-state index is 0.127. The van der Waals surface area contributed by atoms with E-state index in [1.54, 1.807) is 33.5 Å². The number of rotatable bonds is 9. The van der Waals surface area contributed by atoms with Crippen molar-refractivity contribution in [1.29, 1.82) is 0 Å². The molecule has 3 rings (SSSR count). The molecule has 0 unspecified atom stereocenters. The summed E-state index contributed by atoms with van der Waals surface area (Å²) < 4.78 is 31.0. The molecule has 0 aliphatic carbocycles. The second-order valence-electron chi connectivity index (χ2n) is 7.02. The monoisotopic (exact) mass is 422 g/mol. The number of ether oxygens (including phenoxy) is 3. The average molecular weight is 423 g/mol. The summed E-state index contributed by atoms with van der Waals surface area (Å²) in [7, 11) is 4.78. The molecule has 0 amide bonds. The van der Waals surface area contributed by atoms with Gasteiger partial charge in [0.15, 0.2) is 11.5 Å². The van der Waals surface area contributed by atoms with Crippen molar-refractivity contribution in [2.75, 3.05) is 41.0 Å². The number of nitrogens with zero attached hydrogens (tertiary/aromatic N) is 1. The zero-order valence-electron chi connectivity index (χ0n) is 17.1. The lowest BCUT2D eigenvalue weighted by Crippen LogP contribution is -2.34.